The molecule has 6 heteroatoms. The van der Waals surface area contributed by atoms with Crippen LogP contribution in [-0.4, -0.2) is 29.1 Å². The topological polar surface area (TPSA) is 61.4 Å². The van der Waals surface area contributed by atoms with Gasteiger partial charge in [0.2, 0.25) is 10.0 Å². The molecular formula is C23H29N3O2S. The number of benzene rings is 2. The Balaban J connectivity index is 1.67. The van der Waals surface area contributed by atoms with Gasteiger partial charge in [0.1, 0.15) is 0 Å². The first kappa shape index (κ1) is 20.0. The molecule has 0 saturated heterocycles. The van der Waals surface area contributed by atoms with Crippen LogP contribution in [-0.2, 0) is 10.0 Å². The highest BCUT2D eigenvalue weighted by Gasteiger charge is 2.38. The van der Waals surface area contributed by atoms with E-state index in [1.807, 2.05) is 33.2 Å². The Labute approximate surface area is 173 Å². The maximum absolute atomic E-state index is 12.6. The SMILES string of the molecule is CCCNS(=O)(=O)c1ccc2c(c1)C1C=CCC1C(c1ccc(N(C)C)cc1)N2. The number of hydrogen-bond donors (Lipinski definition) is 2. The second kappa shape index (κ2) is 7.84. The van der Waals surface area contributed by atoms with Crippen LogP contribution in [0.2, 0.25) is 0 Å². The predicted octanol–water partition coefficient (Wildman–Crippen LogP) is 4.27. The van der Waals surface area contributed by atoms with Crippen LogP contribution in [0.15, 0.2) is 59.5 Å². The standard InChI is InChI=1S/C23H29N3O2S/c1-4-14-24-29(27,28)18-12-13-22-21(15-18)19-6-5-7-20(19)23(25-22)16-8-10-17(11-9-16)26(2)3/h5-6,8-13,15,19-20,23-25H,4,7,14H2,1-3H3. The van der Waals surface area contributed by atoms with Crippen molar-refractivity contribution in [2.24, 2.45) is 5.92 Å². The lowest BCUT2D eigenvalue weighted by Crippen LogP contribution is -2.30. The molecular weight excluding hydrogens is 382 g/mol. The number of nitrogens with zero attached hydrogens (tertiary/aromatic N) is 1. The fraction of sp³-hybridized carbons (Fsp3) is 0.391. The van der Waals surface area contributed by atoms with Gasteiger partial charge < -0.3 is 10.2 Å². The Morgan fingerprint density at radius 3 is 2.59 bits per heavy atom. The van der Waals surface area contributed by atoms with E-state index in [4.69, 9.17) is 0 Å². The summed E-state index contributed by atoms with van der Waals surface area (Å²) >= 11 is 0. The van der Waals surface area contributed by atoms with Gasteiger partial charge in [0.25, 0.3) is 0 Å². The molecule has 3 unspecified atom stereocenters. The number of rotatable bonds is 6. The zero-order valence-electron chi connectivity index (χ0n) is 17.2. The second-order valence-corrected chi connectivity index (χ2v) is 9.88. The molecule has 0 aromatic heterocycles. The minimum Gasteiger partial charge on any atom is -0.378 e. The van der Waals surface area contributed by atoms with E-state index in [-0.39, 0.29) is 12.0 Å². The lowest BCUT2D eigenvalue weighted by atomic mass is 9.77. The Bertz CT molecular complexity index is 1010. The molecule has 0 spiro atoms. The van der Waals surface area contributed by atoms with Crippen LogP contribution in [0.1, 0.15) is 42.9 Å². The lowest BCUT2D eigenvalue weighted by molar-refractivity contribution is 0.425. The van der Waals surface area contributed by atoms with Crippen molar-refractivity contribution < 1.29 is 8.42 Å². The van der Waals surface area contributed by atoms with Crippen molar-refractivity contribution in [3.8, 4) is 0 Å². The molecule has 1 aliphatic carbocycles. The first-order valence-corrected chi connectivity index (χ1v) is 11.7. The molecule has 2 aliphatic rings. The smallest absolute Gasteiger partial charge is 0.240 e. The van der Waals surface area contributed by atoms with E-state index in [0.29, 0.717) is 17.4 Å². The molecule has 1 heterocycles. The molecule has 0 amide bonds. The van der Waals surface area contributed by atoms with Crippen molar-refractivity contribution in [1.82, 2.24) is 4.72 Å². The number of sulfonamides is 1. The van der Waals surface area contributed by atoms with Gasteiger partial charge in [-0.3, -0.25) is 0 Å². The zero-order valence-corrected chi connectivity index (χ0v) is 18.0. The van der Waals surface area contributed by atoms with Crippen LogP contribution in [0.5, 0.6) is 0 Å². The molecule has 2 aromatic carbocycles. The van der Waals surface area contributed by atoms with Crippen molar-refractivity contribution in [1.29, 1.82) is 0 Å². The van der Waals surface area contributed by atoms with Crippen molar-refractivity contribution in [3.63, 3.8) is 0 Å². The Hall–Kier alpha value is -2.31. The van der Waals surface area contributed by atoms with Gasteiger partial charge in [-0.25, -0.2) is 13.1 Å². The maximum Gasteiger partial charge on any atom is 0.240 e. The molecule has 2 N–H and O–H groups in total. The number of anilines is 2. The number of hydrogen-bond acceptors (Lipinski definition) is 4. The van der Waals surface area contributed by atoms with Gasteiger partial charge in [-0.05, 0) is 60.2 Å². The van der Waals surface area contributed by atoms with Gasteiger partial charge in [-0.2, -0.15) is 0 Å². The van der Waals surface area contributed by atoms with Gasteiger partial charge in [0, 0.05) is 37.9 Å². The van der Waals surface area contributed by atoms with Crippen molar-refractivity contribution >= 4 is 21.4 Å². The summed E-state index contributed by atoms with van der Waals surface area (Å²) in [5.41, 5.74) is 4.54. The molecule has 3 atom stereocenters. The third-order valence-electron chi connectivity index (χ3n) is 5.96. The molecule has 0 saturated carbocycles. The zero-order chi connectivity index (χ0) is 20.6. The van der Waals surface area contributed by atoms with E-state index in [0.717, 1.165) is 24.1 Å². The molecule has 2 aromatic rings. The van der Waals surface area contributed by atoms with Gasteiger partial charge >= 0.3 is 0 Å². The summed E-state index contributed by atoms with van der Waals surface area (Å²) < 4.78 is 27.8. The summed E-state index contributed by atoms with van der Waals surface area (Å²) in [5.74, 6) is 0.611. The number of allylic oxidation sites excluding steroid dienone is 2. The predicted molar refractivity (Wildman–Crippen MR) is 119 cm³/mol. The highest BCUT2D eigenvalue weighted by Crippen LogP contribution is 2.50. The van der Waals surface area contributed by atoms with Crippen LogP contribution in [0.4, 0.5) is 11.4 Å². The van der Waals surface area contributed by atoms with E-state index in [1.165, 1.54) is 11.3 Å². The summed E-state index contributed by atoms with van der Waals surface area (Å²) in [7, 11) is 0.618. The quantitative estimate of drug-likeness (QED) is 0.697. The average molecular weight is 412 g/mol. The molecule has 154 valence electrons. The highest BCUT2D eigenvalue weighted by atomic mass is 32.2. The van der Waals surface area contributed by atoms with E-state index < -0.39 is 10.0 Å². The first-order valence-electron chi connectivity index (χ1n) is 10.2. The van der Waals surface area contributed by atoms with Crippen LogP contribution in [0, 0.1) is 5.92 Å². The largest absolute Gasteiger partial charge is 0.378 e. The van der Waals surface area contributed by atoms with E-state index in [1.54, 1.807) is 6.07 Å². The summed E-state index contributed by atoms with van der Waals surface area (Å²) in [6, 6.07) is 14.4. The van der Waals surface area contributed by atoms with Crippen molar-refractivity contribution in [3.05, 3.63) is 65.7 Å². The van der Waals surface area contributed by atoms with Gasteiger partial charge in [-0.1, -0.05) is 31.2 Å². The number of nitrogens with one attached hydrogen (secondary N) is 2. The summed E-state index contributed by atoms with van der Waals surface area (Å²) in [5, 5.41) is 3.69. The molecule has 1 aliphatic heterocycles. The van der Waals surface area contributed by atoms with Crippen LogP contribution >= 0.6 is 0 Å². The molecule has 5 nitrogen and oxygen atoms in total. The molecule has 0 radical (unpaired) electrons. The summed E-state index contributed by atoms with van der Waals surface area (Å²) in [6.07, 6.45) is 6.22. The lowest BCUT2D eigenvalue weighted by Gasteiger charge is -2.38. The van der Waals surface area contributed by atoms with Crippen molar-refractivity contribution in [2.45, 2.75) is 36.6 Å². The molecule has 29 heavy (non-hydrogen) atoms. The summed E-state index contributed by atoms with van der Waals surface area (Å²) in [4.78, 5) is 2.45. The second-order valence-electron chi connectivity index (χ2n) is 8.11. The van der Waals surface area contributed by atoms with Crippen LogP contribution < -0.4 is 14.9 Å². The Kier molecular flexibility index (Phi) is 5.40. The van der Waals surface area contributed by atoms with E-state index >= 15 is 0 Å². The average Bonchev–Trinajstić information content (AvgIpc) is 3.21. The normalized spacial score (nSPS) is 22.7. The molecule has 0 fully saturated rings. The van der Waals surface area contributed by atoms with Gasteiger partial charge in [0.05, 0.1) is 10.9 Å². The molecule has 4 rings (SSSR count). The Morgan fingerprint density at radius 1 is 1.14 bits per heavy atom. The van der Waals surface area contributed by atoms with E-state index in [2.05, 4.69) is 51.4 Å². The maximum atomic E-state index is 12.6. The fourth-order valence-electron chi connectivity index (χ4n) is 4.37. The Morgan fingerprint density at radius 2 is 1.90 bits per heavy atom. The fourth-order valence-corrected chi connectivity index (χ4v) is 5.54. The van der Waals surface area contributed by atoms with Crippen LogP contribution in [0.25, 0.3) is 0 Å². The van der Waals surface area contributed by atoms with Crippen molar-refractivity contribution in [2.75, 3.05) is 30.9 Å². The van der Waals surface area contributed by atoms with Gasteiger partial charge in [0.15, 0.2) is 0 Å². The minimum absolute atomic E-state index is 0.208. The first-order chi connectivity index (χ1) is 13.9. The number of fused-ring (bicyclic) bond motifs is 3. The van der Waals surface area contributed by atoms with Gasteiger partial charge in [-0.15, -0.1) is 0 Å². The third kappa shape index (κ3) is 3.79. The van der Waals surface area contributed by atoms with E-state index in [9.17, 15) is 8.42 Å². The highest BCUT2D eigenvalue weighted by molar-refractivity contribution is 7.89. The van der Waals surface area contributed by atoms with Crippen LogP contribution in [0.3, 0.4) is 0 Å². The minimum atomic E-state index is -3.47. The molecule has 0 bridgehead atoms. The summed E-state index contributed by atoms with van der Waals surface area (Å²) in [6.45, 7) is 2.41. The monoisotopic (exact) mass is 411 g/mol. The third-order valence-corrected chi connectivity index (χ3v) is 7.41.